The van der Waals surface area contributed by atoms with E-state index in [0.29, 0.717) is 17.8 Å². The van der Waals surface area contributed by atoms with E-state index in [4.69, 9.17) is 5.11 Å². The van der Waals surface area contributed by atoms with Crippen LogP contribution in [0.15, 0.2) is 16.3 Å². The van der Waals surface area contributed by atoms with Crippen LogP contribution in [-0.2, 0) is 21.2 Å². The number of thiophene rings is 1. The maximum absolute atomic E-state index is 12.7. The number of aliphatic hydroxyl groups excluding tert-OH is 1. The summed E-state index contributed by atoms with van der Waals surface area (Å²) in [6.45, 7) is 0.215. The molecule has 6 nitrogen and oxygen atoms in total. The van der Waals surface area contributed by atoms with Crippen molar-refractivity contribution in [2.24, 2.45) is 0 Å². The Morgan fingerprint density at radius 1 is 1.33 bits per heavy atom. The van der Waals surface area contributed by atoms with Gasteiger partial charge in [-0.25, -0.2) is 8.42 Å². The number of carboxylic acid groups (broad SMARTS) is 1. The van der Waals surface area contributed by atoms with Crippen molar-refractivity contribution in [2.45, 2.75) is 42.4 Å². The lowest BCUT2D eigenvalue weighted by Gasteiger charge is -2.26. The van der Waals surface area contributed by atoms with Gasteiger partial charge in [0.05, 0.1) is 13.0 Å². The third-order valence-electron chi connectivity index (χ3n) is 3.56. The molecule has 0 bridgehead atoms. The fraction of sp³-hybridized carbons (Fsp3) is 0.615. The van der Waals surface area contributed by atoms with E-state index in [0.717, 1.165) is 30.6 Å². The van der Waals surface area contributed by atoms with Crippen molar-refractivity contribution in [3.63, 3.8) is 0 Å². The molecule has 1 fully saturated rings. The van der Waals surface area contributed by atoms with Gasteiger partial charge >= 0.3 is 5.97 Å². The van der Waals surface area contributed by atoms with E-state index < -0.39 is 16.0 Å². The molecule has 2 heterocycles. The third-order valence-corrected chi connectivity index (χ3v) is 7.06. The molecular formula is C13H19NO5S2. The summed E-state index contributed by atoms with van der Waals surface area (Å²) in [5, 5.41) is 18.2. The number of rotatable bonds is 5. The largest absolute Gasteiger partial charge is 0.481 e. The highest BCUT2D eigenvalue weighted by Gasteiger charge is 2.33. The van der Waals surface area contributed by atoms with Crippen molar-refractivity contribution in [2.75, 3.05) is 13.2 Å². The molecule has 0 aromatic carbocycles. The zero-order valence-electron chi connectivity index (χ0n) is 11.6. The standard InChI is InChI=1S/C13H19NO5S2/c15-9-10-4-2-1-3-7-14(10)21(18,19)13-6-5-11(20-13)8-12(16)17/h5-6,10,15H,1-4,7-9H2,(H,16,17). The molecular weight excluding hydrogens is 314 g/mol. The summed E-state index contributed by atoms with van der Waals surface area (Å²) >= 11 is 0.989. The van der Waals surface area contributed by atoms with Crippen LogP contribution >= 0.6 is 11.3 Å². The van der Waals surface area contributed by atoms with Crippen LogP contribution in [0.1, 0.15) is 30.6 Å². The van der Waals surface area contributed by atoms with Crippen LogP contribution in [0.5, 0.6) is 0 Å². The van der Waals surface area contributed by atoms with E-state index in [1.807, 2.05) is 0 Å². The van der Waals surface area contributed by atoms with Crippen LogP contribution in [0.2, 0.25) is 0 Å². The fourth-order valence-corrected chi connectivity index (χ4v) is 5.67. The molecule has 1 aliphatic heterocycles. The Hall–Kier alpha value is -0.960. The number of carbonyl (C=O) groups is 1. The Labute approximate surface area is 128 Å². The highest BCUT2D eigenvalue weighted by molar-refractivity contribution is 7.91. The van der Waals surface area contributed by atoms with Crippen LogP contribution in [0.25, 0.3) is 0 Å². The Kier molecular flexibility index (Phi) is 5.37. The van der Waals surface area contributed by atoms with E-state index in [2.05, 4.69) is 0 Å². The van der Waals surface area contributed by atoms with Crippen LogP contribution in [0.4, 0.5) is 0 Å². The van der Waals surface area contributed by atoms with Crippen LogP contribution in [-0.4, -0.2) is 48.1 Å². The predicted octanol–water partition coefficient (Wildman–Crippen LogP) is 1.30. The van der Waals surface area contributed by atoms with Crippen LogP contribution in [0, 0.1) is 0 Å². The number of aliphatic carboxylic acids is 1. The summed E-state index contributed by atoms with van der Waals surface area (Å²) in [6.07, 6.45) is 3.12. The zero-order valence-corrected chi connectivity index (χ0v) is 13.2. The first kappa shape index (κ1) is 16.4. The number of hydrogen-bond acceptors (Lipinski definition) is 5. The third kappa shape index (κ3) is 3.82. The molecule has 0 spiro atoms. The highest BCUT2D eigenvalue weighted by Crippen LogP contribution is 2.29. The number of nitrogens with zero attached hydrogens (tertiary/aromatic N) is 1. The molecule has 118 valence electrons. The molecule has 8 heteroatoms. The van der Waals surface area contributed by atoms with E-state index in [9.17, 15) is 18.3 Å². The van der Waals surface area contributed by atoms with Gasteiger partial charge in [-0.1, -0.05) is 12.8 Å². The molecule has 0 radical (unpaired) electrons. The quantitative estimate of drug-likeness (QED) is 0.847. The van der Waals surface area contributed by atoms with Crippen molar-refractivity contribution in [1.29, 1.82) is 0 Å². The molecule has 0 aliphatic carbocycles. The summed E-state index contributed by atoms with van der Waals surface area (Å²) < 4.78 is 26.9. The van der Waals surface area contributed by atoms with Gasteiger partial charge in [0, 0.05) is 17.5 Å². The van der Waals surface area contributed by atoms with Gasteiger partial charge in [0.15, 0.2) is 0 Å². The van der Waals surface area contributed by atoms with Gasteiger partial charge < -0.3 is 10.2 Å². The topological polar surface area (TPSA) is 94.9 Å². The van der Waals surface area contributed by atoms with Gasteiger partial charge in [0.25, 0.3) is 10.0 Å². The molecule has 1 atom stereocenters. The number of aliphatic hydroxyl groups is 1. The number of carboxylic acids is 1. The molecule has 1 aromatic heterocycles. The first-order valence-electron chi connectivity index (χ1n) is 6.88. The van der Waals surface area contributed by atoms with Gasteiger partial charge in [-0.15, -0.1) is 11.3 Å². The summed E-state index contributed by atoms with van der Waals surface area (Å²) in [4.78, 5) is 11.2. The average Bonchev–Trinajstić information content (AvgIpc) is 2.74. The van der Waals surface area contributed by atoms with Crippen molar-refractivity contribution >= 4 is 27.3 Å². The van der Waals surface area contributed by atoms with Gasteiger partial charge in [0.1, 0.15) is 4.21 Å². The zero-order chi connectivity index (χ0) is 15.5. The van der Waals surface area contributed by atoms with Gasteiger partial charge in [-0.05, 0) is 25.0 Å². The number of sulfonamides is 1. The second-order valence-electron chi connectivity index (χ2n) is 5.09. The minimum Gasteiger partial charge on any atom is -0.481 e. The molecule has 1 aliphatic rings. The second kappa shape index (κ2) is 6.87. The highest BCUT2D eigenvalue weighted by atomic mass is 32.2. The summed E-state index contributed by atoms with van der Waals surface area (Å²) in [6, 6.07) is 2.61. The van der Waals surface area contributed by atoms with Crippen LogP contribution in [0.3, 0.4) is 0 Å². The molecule has 21 heavy (non-hydrogen) atoms. The first-order valence-corrected chi connectivity index (χ1v) is 9.14. The minimum atomic E-state index is -3.66. The van der Waals surface area contributed by atoms with Gasteiger partial charge in [0.2, 0.25) is 0 Å². The lowest BCUT2D eigenvalue weighted by atomic mass is 10.1. The van der Waals surface area contributed by atoms with Crippen molar-refractivity contribution in [3.05, 3.63) is 17.0 Å². The monoisotopic (exact) mass is 333 g/mol. The normalized spacial score (nSPS) is 21.1. The molecule has 1 aromatic rings. The molecule has 1 saturated heterocycles. The fourth-order valence-electron chi connectivity index (χ4n) is 2.51. The van der Waals surface area contributed by atoms with E-state index >= 15 is 0 Å². The van der Waals surface area contributed by atoms with E-state index in [-0.39, 0.29) is 23.3 Å². The Morgan fingerprint density at radius 3 is 2.76 bits per heavy atom. The second-order valence-corrected chi connectivity index (χ2v) is 8.38. The summed E-state index contributed by atoms with van der Waals surface area (Å²) in [5.41, 5.74) is 0. The molecule has 2 rings (SSSR count). The average molecular weight is 333 g/mol. The first-order chi connectivity index (χ1) is 9.95. The minimum absolute atomic E-state index is 0.152. The van der Waals surface area contributed by atoms with E-state index in [1.54, 1.807) is 0 Å². The summed E-state index contributed by atoms with van der Waals surface area (Å²) in [7, 11) is -3.66. The van der Waals surface area contributed by atoms with Crippen molar-refractivity contribution < 1.29 is 23.4 Å². The van der Waals surface area contributed by atoms with Gasteiger partial charge in [-0.3, -0.25) is 4.79 Å². The summed E-state index contributed by atoms with van der Waals surface area (Å²) in [5.74, 6) is -0.983. The maximum Gasteiger partial charge on any atom is 0.308 e. The SMILES string of the molecule is O=C(O)Cc1ccc(S(=O)(=O)N2CCCCCC2CO)s1. The lowest BCUT2D eigenvalue weighted by molar-refractivity contribution is -0.136. The number of hydrogen-bond donors (Lipinski definition) is 2. The Bertz CT molecular complexity index is 595. The lowest BCUT2D eigenvalue weighted by Crippen LogP contribution is -2.41. The van der Waals surface area contributed by atoms with Crippen molar-refractivity contribution in [1.82, 2.24) is 4.31 Å². The molecule has 0 saturated carbocycles. The predicted molar refractivity (Wildman–Crippen MR) is 78.9 cm³/mol. The van der Waals surface area contributed by atoms with Gasteiger partial charge in [-0.2, -0.15) is 4.31 Å². The van der Waals surface area contributed by atoms with Crippen molar-refractivity contribution in [3.8, 4) is 0 Å². The molecule has 0 amide bonds. The van der Waals surface area contributed by atoms with Crippen LogP contribution < -0.4 is 0 Å². The molecule has 2 N–H and O–H groups in total. The Balaban J connectivity index is 2.26. The molecule has 1 unspecified atom stereocenters. The van der Waals surface area contributed by atoms with E-state index in [1.165, 1.54) is 16.4 Å². The maximum atomic E-state index is 12.7. The Morgan fingerprint density at radius 2 is 2.10 bits per heavy atom. The smallest absolute Gasteiger partial charge is 0.308 e.